The lowest BCUT2D eigenvalue weighted by molar-refractivity contribution is 0.0591. The zero-order valence-corrected chi connectivity index (χ0v) is 19.7. The number of hydrogen-bond donors (Lipinski definition) is 1. The normalized spacial score (nSPS) is 14.7. The highest BCUT2D eigenvalue weighted by Crippen LogP contribution is 2.24. The van der Waals surface area contributed by atoms with Crippen LogP contribution in [0.15, 0.2) is 61.2 Å². The summed E-state index contributed by atoms with van der Waals surface area (Å²) in [6, 6.07) is 14.3. The van der Waals surface area contributed by atoms with Crippen molar-refractivity contribution < 1.29 is 4.79 Å². The number of para-hydroxylation sites is 1. The summed E-state index contributed by atoms with van der Waals surface area (Å²) in [5, 5.41) is 0. The molecule has 0 atom stereocenters. The number of piperidine rings is 1. The summed E-state index contributed by atoms with van der Waals surface area (Å²) in [5.74, 6) is 0.0591. The molecule has 1 fully saturated rings. The van der Waals surface area contributed by atoms with Crippen molar-refractivity contribution in [3.05, 3.63) is 89.3 Å². The Labute approximate surface area is 199 Å². The second-order valence-corrected chi connectivity index (χ2v) is 9.07. The second kappa shape index (κ2) is 9.73. The number of likely N-dealkylation sites (tertiary alicyclic amines) is 1. The van der Waals surface area contributed by atoms with E-state index in [-0.39, 0.29) is 5.91 Å². The van der Waals surface area contributed by atoms with Crippen LogP contribution in [0.1, 0.15) is 45.7 Å². The van der Waals surface area contributed by atoms with Gasteiger partial charge in [0.25, 0.3) is 5.91 Å². The molecule has 4 aromatic rings. The molecule has 7 nitrogen and oxygen atoms in total. The summed E-state index contributed by atoms with van der Waals surface area (Å²) >= 11 is 0. The lowest BCUT2D eigenvalue weighted by Gasteiger charge is -2.38. The molecule has 4 heterocycles. The van der Waals surface area contributed by atoms with Gasteiger partial charge in [-0.3, -0.25) is 19.7 Å². The van der Waals surface area contributed by atoms with Crippen molar-refractivity contribution in [3.63, 3.8) is 0 Å². The Hall–Kier alpha value is -3.58. The number of aryl methyl sites for hydroxylation is 2. The van der Waals surface area contributed by atoms with Gasteiger partial charge in [-0.25, -0.2) is 4.98 Å². The number of carbonyl (C=O) groups is 1. The molecule has 34 heavy (non-hydrogen) atoms. The zero-order chi connectivity index (χ0) is 23.5. The summed E-state index contributed by atoms with van der Waals surface area (Å²) in [4.78, 5) is 34.5. The van der Waals surface area contributed by atoms with Gasteiger partial charge in [-0.1, -0.05) is 18.2 Å². The lowest BCUT2D eigenvalue weighted by Crippen LogP contribution is -2.46. The number of aromatic nitrogens is 4. The molecule has 1 aliphatic rings. The fourth-order valence-electron chi connectivity index (χ4n) is 4.81. The van der Waals surface area contributed by atoms with Crippen LogP contribution in [0.3, 0.4) is 0 Å². The summed E-state index contributed by atoms with van der Waals surface area (Å²) in [7, 11) is 0. The second-order valence-electron chi connectivity index (χ2n) is 9.07. The molecule has 5 rings (SSSR count). The van der Waals surface area contributed by atoms with E-state index in [9.17, 15) is 4.79 Å². The number of imidazole rings is 1. The van der Waals surface area contributed by atoms with Crippen LogP contribution >= 0.6 is 0 Å². The van der Waals surface area contributed by atoms with E-state index >= 15 is 0 Å². The number of amides is 1. The first kappa shape index (κ1) is 22.2. The van der Waals surface area contributed by atoms with Gasteiger partial charge in [0.1, 0.15) is 5.52 Å². The quantitative estimate of drug-likeness (QED) is 0.471. The SMILES string of the molecule is Cc1cccnc1CN(Cc1ncccc1C)C1CCN(C(=O)c2cccc3[nH]cnc23)CC1. The van der Waals surface area contributed by atoms with Crippen LogP contribution in [0.25, 0.3) is 11.0 Å². The number of benzene rings is 1. The van der Waals surface area contributed by atoms with Crippen molar-refractivity contribution >= 4 is 16.9 Å². The van der Waals surface area contributed by atoms with Gasteiger partial charge in [0.2, 0.25) is 0 Å². The molecule has 1 amide bonds. The molecule has 1 aromatic carbocycles. The highest BCUT2D eigenvalue weighted by Gasteiger charge is 2.29. The van der Waals surface area contributed by atoms with Crippen LogP contribution < -0.4 is 0 Å². The standard InChI is InChI=1S/C27H30N6O/c1-19-6-4-12-28-24(19)16-33(17-25-20(2)7-5-13-29-25)21-10-14-32(15-11-21)27(34)22-8-3-9-23-26(22)31-18-30-23/h3-9,12-13,18,21H,10-11,14-17H2,1-2H3,(H,30,31). The predicted molar refractivity (Wildman–Crippen MR) is 132 cm³/mol. The van der Waals surface area contributed by atoms with Gasteiger partial charge in [-0.05, 0) is 62.1 Å². The molecule has 1 N–H and O–H groups in total. The molecule has 0 aliphatic carbocycles. The maximum absolute atomic E-state index is 13.3. The third-order valence-corrected chi connectivity index (χ3v) is 6.89. The summed E-state index contributed by atoms with van der Waals surface area (Å²) in [6.45, 7) is 7.22. The van der Waals surface area contributed by atoms with Gasteiger partial charge in [0.15, 0.2) is 0 Å². The first-order valence-electron chi connectivity index (χ1n) is 11.9. The van der Waals surface area contributed by atoms with E-state index in [2.05, 4.69) is 50.8 Å². The molecular weight excluding hydrogens is 424 g/mol. The Morgan fingerprint density at radius 3 is 2.21 bits per heavy atom. The Balaban J connectivity index is 1.33. The average molecular weight is 455 g/mol. The largest absolute Gasteiger partial charge is 0.345 e. The molecule has 0 unspecified atom stereocenters. The first-order valence-corrected chi connectivity index (χ1v) is 11.9. The smallest absolute Gasteiger partial charge is 0.256 e. The van der Waals surface area contributed by atoms with E-state index in [1.165, 1.54) is 11.1 Å². The summed E-state index contributed by atoms with van der Waals surface area (Å²) in [5.41, 5.74) is 6.90. The van der Waals surface area contributed by atoms with Crippen LogP contribution in [0.4, 0.5) is 0 Å². The number of fused-ring (bicyclic) bond motifs is 1. The number of nitrogens with zero attached hydrogens (tertiary/aromatic N) is 5. The third-order valence-electron chi connectivity index (χ3n) is 6.89. The highest BCUT2D eigenvalue weighted by molar-refractivity contribution is 6.04. The maximum Gasteiger partial charge on any atom is 0.256 e. The monoisotopic (exact) mass is 454 g/mol. The van der Waals surface area contributed by atoms with Gasteiger partial charge in [-0.15, -0.1) is 0 Å². The minimum Gasteiger partial charge on any atom is -0.345 e. The van der Waals surface area contributed by atoms with E-state index in [1.54, 1.807) is 6.33 Å². The molecule has 0 bridgehead atoms. The fourth-order valence-corrected chi connectivity index (χ4v) is 4.81. The van der Waals surface area contributed by atoms with Crippen LogP contribution in [-0.2, 0) is 13.1 Å². The third kappa shape index (κ3) is 4.56. The topological polar surface area (TPSA) is 78.0 Å². The maximum atomic E-state index is 13.3. The molecule has 0 saturated carbocycles. The number of rotatable bonds is 6. The van der Waals surface area contributed by atoms with Crippen molar-refractivity contribution in [1.29, 1.82) is 0 Å². The minimum absolute atomic E-state index is 0.0591. The average Bonchev–Trinajstić information content (AvgIpc) is 3.35. The number of pyridine rings is 2. The van der Waals surface area contributed by atoms with Crippen LogP contribution in [0.5, 0.6) is 0 Å². The first-order chi connectivity index (χ1) is 16.6. The van der Waals surface area contributed by atoms with Gasteiger partial charge < -0.3 is 9.88 Å². The van der Waals surface area contributed by atoms with E-state index in [0.29, 0.717) is 11.6 Å². The van der Waals surface area contributed by atoms with Crippen molar-refractivity contribution in [1.82, 2.24) is 29.7 Å². The van der Waals surface area contributed by atoms with E-state index in [0.717, 1.165) is 61.4 Å². The van der Waals surface area contributed by atoms with E-state index in [1.807, 2.05) is 47.6 Å². The van der Waals surface area contributed by atoms with E-state index < -0.39 is 0 Å². The number of nitrogens with one attached hydrogen (secondary N) is 1. The van der Waals surface area contributed by atoms with Crippen molar-refractivity contribution in [2.45, 2.75) is 45.8 Å². The van der Waals surface area contributed by atoms with Crippen LogP contribution in [0, 0.1) is 13.8 Å². The van der Waals surface area contributed by atoms with Gasteiger partial charge in [0, 0.05) is 44.6 Å². The Morgan fingerprint density at radius 2 is 1.59 bits per heavy atom. The molecule has 3 aromatic heterocycles. The molecule has 174 valence electrons. The van der Waals surface area contributed by atoms with Crippen LogP contribution in [-0.4, -0.2) is 54.8 Å². The van der Waals surface area contributed by atoms with Gasteiger partial charge in [0.05, 0.1) is 28.8 Å². The highest BCUT2D eigenvalue weighted by atomic mass is 16.2. The molecular formula is C27H30N6O. The number of aromatic amines is 1. The predicted octanol–water partition coefficient (Wildman–Crippen LogP) is 4.28. The minimum atomic E-state index is 0.0591. The summed E-state index contributed by atoms with van der Waals surface area (Å²) in [6.07, 6.45) is 7.21. The zero-order valence-electron chi connectivity index (χ0n) is 19.7. The Kier molecular flexibility index (Phi) is 6.36. The van der Waals surface area contributed by atoms with Crippen molar-refractivity contribution in [2.24, 2.45) is 0 Å². The molecule has 1 saturated heterocycles. The lowest BCUT2D eigenvalue weighted by atomic mass is 10.0. The van der Waals surface area contributed by atoms with E-state index in [4.69, 9.17) is 0 Å². The van der Waals surface area contributed by atoms with Crippen molar-refractivity contribution in [2.75, 3.05) is 13.1 Å². The van der Waals surface area contributed by atoms with Crippen molar-refractivity contribution in [3.8, 4) is 0 Å². The molecule has 0 radical (unpaired) electrons. The van der Waals surface area contributed by atoms with Gasteiger partial charge >= 0.3 is 0 Å². The Morgan fingerprint density at radius 1 is 0.941 bits per heavy atom. The molecule has 1 aliphatic heterocycles. The van der Waals surface area contributed by atoms with Gasteiger partial charge in [-0.2, -0.15) is 0 Å². The fraction of sp³-hybridized carbons (Fsp3) is 0.333. The molecule has 7 heteroatoms. The Bertz CT molecular complexity index is 1240. The number of hydrogen-bond acceptors (Lipinski definition) is 5. The summed E-state index contributed by atoms with van der Waals surface area (Å²) < 4.78 is 0. The number of carbonyl (C=O) groups excluding carboxylic acids is 1. The van der Waals surface area contributed by atoms with Crippen LogP contribution in [0.2, 0.25) is 0 Å². The molecule has 0 spiro atoms. The number of H-pyrrole nitrogens is 1.